The first-order chi connectivity index (χ1) is 16.3. The molecule has 34 heavy (non-hydrogen) atoms. The summed E-state index contributed by atoms with van der Waals surface area (Å²) in [5.74, 6) is -1.88. The number of carbonyl (C=O) groups is 3. The third-order valence-corrected chi connectivity index (χ3v) is 6.00. The maximum absolute atomic E-state index is 12.9. The van der Waals surface area contributed by atoms with Crippen molar-refractivity contribution >= 4 is 35.3 Å². The molecule has 1 aliphatic rings. The zero-order chi connectivity index (χ0) is 24.2. The second kappa shape index (κ2) is 9.97. The highest BCUT2D eigenvalue weighted by Gasteiger charge is 2.30. The lowest BCUT2D eigenvalue weighted by Gasteiger charge is -2.25. The average Bonchev–Trinajstić information content (AvgIpc) is 3.15. The van der Waals surface area contributed by atoms with Crippen LogP contribution in [0.25, 0.3) is 11.1 Å². The molecule has 1 atom stereocenters. The number of aliphatic carboxylic acids is 1. The van der Waals surface area contributed by atoms with Crippen LogP contribution in [0, 0.1) is 0 Å². The summed E-state index contributed by atoms with van der Waals surface area (Å²) in [4.78, 5) is 37.9. The Bertz CT molecular complexity index is 1180. The maximum Gasteiger partial charge on any atom is 0.407 e. The lowest BCUT2D eigenvalue weighted by atomic mass is 9.98. The van der Waals surface area contributed by atoms with E-state index in [1.165, 1.54) is 6.92 Å². The summed E-state index contributed by atoms with van der Waals surface area (Å²) < 4.78 is 5.49. The van der Waals surface area contributed by atoms with Crippen molar-refractivity contribution in [2.24, 2.45) is 0 Å². The third kappa shape index (κ3) is 4.89. The molecule has 4 rings (SSSR count). The molecule has 2 amide bonds. The van der Waals surface area contributed by atoms with Gasteiger partial charge in [0.25, 0.3) is 0 Å². The van der Waals surface area contributed by atoms with Gasteiger partial charge in [-0.25, -0.2) is 4.79 Å². The number of halogens is 1. The van der Waals surface area contributed by atoms with Gasteiger partial charge in [-0.05, 0) is 53.4 Å². The minimum absolute atomic E-state index is 0.108. The fraction of sp³-hybridized carbons (Fsp3) is 0.192. The van der Waals surface area contributed by atoms with Crippen LogP contribution >= 0.6 is 11.6 Å². The van der Waals surface area contributed by atoms with E-state index < -0.39 is 30.6 Å². The van der Waals surface area contributed by atoms with Crippen LogP contribution in [0.15, 0.2) is 72.8 Å². The lowest BCUT2D eigenvalue weighted by molar-refractivity contribution is -0.136. The van der Waals surface area contributed by atoms with E-state index in [1.807, 2.05) is 48.5 Å². The van der Waals surface area contributed by atoms with Gasteiger partial charge in [0.1, 0.15) is 19.2 Å². The fourth-order valence-electron chi connectivity index (χ4n) is 4.17. The van der Waals surface area contributed by atoms with E-state index in [0.29, 0.717) is 10.7 Å². The van der Waals surface area contributed by atoms with Crippen molar-refractivity contribution < 1.29 is 24.2 Å². The number of hydrogen-bond donors (Lipinski definition) is 2. The van der Waals surface area contributed by atoms with Crippen molar-refractivity contribution in [3.05, 3.63) is 88.9 Å². The van der Waals surface area contributed by atoms with Gasteiger partial charge in [0, 0.05) is 16.6 Å². The van der Waals surface area contributed by atoms with E-state index in [-0.39, 0.29) is 12.5 Å². The molecule has 0 aliphatic heterocycles. The zero-order valence-electron chi connectivity index (χ0n) is 18.4. The molecular weight excluding hydrogens is 456 g/mol. The highest BCUT2D eigenvalue weighted by atomic mass is 35.5. The van der Waals surface area contributed by atoms with Crippen LogP contribution < -0.4 is 10.2 Å². The zero-order valence-corrected chi connectivity index (χ0v) is 19.2. The first kappa shape index (κ1) is 23.3. The quantitative estimate of drug-likeness (QED) is 0.513. The van der Waals surface area contributed by atoms with Crippen LogP contribution in [0.3, 0.4) is 0 Å². The van der Waals surface area contributed by atoms with Crippen LogP contribution in [0.1, 0.15) is 24.0 Å². The minimum atomic E-state index is -1.18. The summed E-state index contributed by atoms with van der Waals surface area (Å²) in [7, 11) is 0. The summed E-state index contributed by atoms with van der Waals surface area (Å²) in [5.41, 5.74) is 4.75. The van der Waals surface area contributed by atoms with Crippen LogP contribution in [-0.2, 0) is 14.3 Å². The number of nitrogens with zero attached hydrogens (tertiary/aromatic N) is 1. The number of fused-ring (bicyclic) bond motifs is 3. The molecule has 0 fully saturated rings. The number of nitrogens with one attached hydrogen (secondary N) is 1. The lowest BCUT2D eigenvalue weighted by Crippen LogP contribution is -2.49. The molecule has 2 N–H and O–H groups in total. The topological polar surface area (TPSA) is 95.9 Å². The Kier molecular flexibility index (Phi) is 6.84. The summed E-state index contributed by atoms with van der Waals surface area (Å²) in [5, 5.41) is 12.2. The van der Waals surface area contributed by atoms with Gasteiger partial charge in [-0.15, -0.1) is 0 Å². The summed E-state index contributed by atoms with van der Waals surface area (Å²) in [6.45, 7) is 1.03. The number of rotatable bonds is 7. The second-order valence-electron chi connectivity index (χ2n) is 7.99. The van der Waals surface area contributed by atoms with Gasteiger partial charge in [0.2, 0.25) is 5.91 Å². The Hall–Kier alpha value is -3.84. The van der Waals surface area contributed by atoms with Crippen LogP contribution in [0.4, 0.5) is 10.5 Å². The predicted molar refractivity (Wildman–Crippen MR) is 129 cm³/mol. The molecule has 8 heteroatoms. The number of benzene rings is 3. The van der Waals surface area contributed by atoms with Crippen molar-refractivity contribution in [1.29, 1.82) is 0 Å². The Morgan fingerprint density at radius 3 is 2.09 bits per heavy atom. The largest absolute Gasteiger partial charge is 0.480 e. The monoisotopic (exact) mass is 478 g/mol. The van der Waals surface area contributed by atoms with Gasteiger partial charge in [-0.1, -0.05) is 60.1 Å². The van der Waals surface area contributed by atoms with Crippen molar-refractivity contribution in [3.63, 3.8) is 0 Å². The van der Waals surface area contributed by atoms with Gasteiger partial charge in [0.15, 0.2) is 0 Å². The molecule has 0 saturated carbocycles. The first-order valence-corrected chi connectivity index (χ1v) is 11.1. The Morgan fingerprint density at radius 1 is 0.971 bits per heavy atom. The molecule has 174 valence electrons. The van der Waals surface area contributed by atoms with Gasteiger partial charge >= 0.3 is 12.1 Å². The number of carboxylic acid groups (broad SMARTS) is 1. The number of carbonyl (C=O) groups excluding carboxylic acids is 2. The molecule has 0 heterocycles. The molecule has 0 saturated heterocycles. The minimum Gasteiger partial charge on any atom is -0.480 e. The molecule has 7 nitrogen and oxygen atoms in total. The molecule has 1 aliphatic carbocycles. The number of alkyl carbamates (subject to hydrolysis) is 1. The van der Waals surface area contributed by atoms with E-state index in [0.717, 1.165) is 27.2 Å². The molecular formula is C26H23ClN2O5. The molecule has 3 aromatic rings. The SMILES string of the molecule is C[C@H](NC(=O)OCC1c2ccccc2-c2ccccc21)C(=O)N(CC(=O)O)c1ccc(Cl)cc1. The second-order valence-corrected chi connectivity index (χ2v) is 8.42. The predicted octanol–water partition coefficient (Wildman–Crippen LogP) is 4.68. The Morgan fingerprint density at radius 2 is 1.53 bits per heavy atom. The highest BCUT2D eigenvalue weighted by Crippen LogP contribution is 2.44. The van der Waals surface area contributed by atoms with E-state index >= 15 is 0 Å². The highest BCUT2D eigenvalue weighted by molar-refractivity contribution is 6.30. The third-order valence-electron chi connectivity index (χ3n) is 5.75. The van der Waals surface area contributed by atoms with E-state index in [1.54, 1.807) is 24.3 Å². The van der Waals surface area contributed by atoms with Crippen molar-refractivity contribution in [1.82, 2.24) is 5.32 Å². The van der Waals surface area contributed by atoms with Crippen LogP contribution in [-0.4, -0.2) is 42.3 Å². The summed E-state index contributed by atoms with van der Waals surface area (Å²) >= 11 is 5.89. The fourth-order valence-corrected chi connectivity index (χ4v) is 4.29. The standard InChI is InChI=1S/C26H23ClN2O5/c1-16(25(32)29(14-24(30)31)18-12-10-17(27)11-13-18)28-26(33)34-15-23-21-8-4-2-6-19(21)20-7-3-5-9-22(20)23/h2-13,16,23H,14-15H2,1H3,(H,28,33)(H,30,31)/t16-/m0/s1. The van der Waals surface area contributed by atoms with Gasteiger partial charge in [0.05, 0.1) is 0 Å². The van der Waals surface area contributed by atoms with Crippen LogP contribution in [0.5, 0.6) is 0 Å². The van der Waals surface area contributed by atoms with Crippen LogP contribution in [0.2, 0.25) is 5.02 Å². The number of ether oxygens (including phenoxy) is 1. The molecule has 0 radical (unpaired) electrons. The van der Waals surface area contributed by atoms with Gasteiger partial charge in [-0.2, -0.15) is 0 Å². The Labute approximate surface area is 201 Å². The smallest absolute Gasteiger partial charge is 0.407 e. The maximum atomic E-state index is 12.9. The average molecular weight is 479 g/mol. The van der Waals surface area contributed by atoms with Gasteiger partial charge < -0.3 is 15.2 Å². The van der Waals surface area contributed by atoms with E-state index in [2.05, 4.69) is 5.32 Å². The van der Waals surface area contributed by atoms with Crippen molar-refractivity contribution in [2.75, 3.05) is 18.1 Å². The summed E-state index contributed by atoms with van der Waals surface area (Å²) in [6.07, 6.45) is -0.755. The number of hydrogen-bond acceptors (Lipinski definition) is 4. The van der Waals surface area contributed by atoms with Crippen molar-refractivity contribution in [2.45, 2.75) is 18.9 Å². The molecule has 0 bridgehead atoms. The van der Waals surface area contributed by atoms with Crippen molar-refractivity contribution in [3.8, 4) is 11.1 Å². The van der Waals surface area contributed by atoms with E-state index in [4.69, 9.17) is 16.3 Å². The number of amides is 2. The number of anilines is 1. The first-order valence-electron chi connectivity index (χ1n) is 10.8. The summed E-state index contributed by atoms with van der Waals surface area (Å²) in [6, 6.07) is 21.2. The Balaban J connectivity index is 1.42. The molecule has 3 aromatic carbocycles. The molecule has 0 aromatic heterocycles. The molecule has 0 unspecified atom stereocenters. The molecule has 0 spiro atoms. The van der Waals surface area contributed by atoms with E-state index in [9.17, 15) is 19.5 Å². The van der Waals surface area contributed by atoms with Gasteiger partial charge in [-0.3, -0.25) is 14.5 Å². The normalized spacial score (nSPS) is 12.9. The number of carboxylic acids is 1.